The van der Waals surface area contributed by atoms with E-state index in [0.29, 0.717) is 6.41 Å². The third-order valence-corrected chi connectivity index (χ3v) is 3.55. The molecule has 1 aliphatic rings. The summed E-state index contributed by atoms with van der Waals surface area (Å²) in [6.07, 6.45) is 9.19. The number of hydrogen-bond acceptors (Lipinski definition) is 2. The van der Waals surface area contributed by atoms with Crippen molar-refractivity contribution in [1.29, 1.82) is 0 Å². The van der Waals surface area contributed by atoms with Crippen LogP contribution in [0.15, 0.2) is 36.4 Å². The van der Waals surface area contributed by atoms with Crippen molar-refractivity contribution in [3.05, 3.63) is 42.0 Å². The van der Waals surface area contributed by atoms with E-state index in [4.69, 9.17) is 0 Å². The molecule has 0 aromatic heterocycles. The molecule has 0 saturated heterocycles. The van der Waals surface area contributed by atoms with Crippen molar-refractivity contribution in [3.63, 3.8) is 0 Å². The number of carbonyl (C=O) groups excluding carboxylic acids is 2. The topological polar surface area (TPSA) is 37.4 Å². The number of carbonyl (C=O) groups is 2. The predicted molar refractivity (Wildman–Crippen MR) is 75.3 cm³/mol. The fourth-order valence-corrected chi connectivity index (χ4v) is 2.49. The van der Waals surface area contributed by atoms with Gasteiger partial charge in [-0.15, -0.1) is 0 Å². The summed E-state index contributed by atoms with van der Waals surface area (Å²) in [5, 5.41) is 0. The summed E-state index contributed by atoms with van der Waals surface area (Å²) in [4.78, 5) is 24.5. The van der Waals surface area contributed by atoms with Crippen molar-refractivity contribution in [3.8, 4) is 0 Å². The number of benzene rings is 1. The fraction of sp³-hybridized carbons (Fsp3) is 0.375. The molecule has 3 nitrogen and oxygen atoms in total. The van der Waals surface area contributed by atoms with Gasteiger partial charge in [-0.2, -0.15) is 0 Å². The van der Waals surface area contributed by atoms with E-state index in [1.165, 1.54) is 17.4 Å². The van der Waals surface area contributed by atoms with Gasteiger partial charge in [-0.1, -0.05) is 49.6 Å². The monoisotopic (exact) mass is 257 g/mol. The SMILES string of the molecule is O=CN(C(=O)/C=C/c1ccccc1)C1CCCCC1. The highest BCUT2D eigenvalue weighted by Gasteiger charge is 2.23. The van der Waals surface area contributed by atoms with Crippen molar-refractivity contribution >= 4 is 18.4 Å². The van der Waals surface area contributed by atoms with E-state index < -0.39 is 0 Å². The number of rotatable bonds is 4. The molecule has 2 rings (SSSR count). The van der Waals surface area contributed by atoms with Crippen molar-refractivity contribution in [2.45, 2.75) is 38.1 Å². The van der Waals surface area contributed by atoms with E-state index in [1.54, 1.807) is 6.08 Å². The van der Waals surface area contributed by atoms with Gasteiger partial charge >= 0.3 is 0 Å². The quantitative estimate of drug-likeness (QED) is 0.614. The Labute approximate surface area is 113 Å². The standard InChI is InChI=1S/C16H19NO2/c18-13-17(15-9-5-2-6-10-15)16(19)12-11-14-7-3-1-4-8-14/h1,3-4,7-8,11-13,15H,2,5-6,9-10H2/b12-11+. The van der Waals surface area contributed by atoms with Crippen LogP contribution in [-0.4, -0.2) is 23.3 Å². The van der Waals surface area contributed by atoms with Crippen LogP contribution in [0.3, 0.4) is 0 Å². The minimum atomic E-state index is -0.217. The molecular formula is C16H19NO2. The first-order valence-corrected chi connectivity index (χ1v) is 6.82. The second-order valence-corrected chi connectivity index (χ2v) is 4.89. The summed E-state index contributed by atoms with van der Waals surface area (Å²) in [5.74, 6) is -0.217. The zero-order chi connectivity index (χ0) is 13.5. The first-order valence-electron chi connectivity index (χ1n) is 6.82. The van der Waals surface area contributed by atoms with E-state index in [9.17, 15) is 9.59 Å². The highest BCUT2D eigenvalue weighted by molar-refractivity contribution is 5.97. The molecule has 1 fully saturated rings. The summed E-state index contributed by atoms with van der Waals surface area (Å²) < 4.78 is 0. The van der Waals surface area contributed by atoms with Crippen LogP contribution >= 0.6 is 0 Å². The Kier molecular flexibility index (Phi) is 4.90. The largest absolute Gasteiger partial charge is 0.279 e. The van der Waals surface area contributed by atoms with E-state index in [-0.39, 0.29) is 11.9 Å². The highest BCUT2D eigenvalue weighted by Crippen LogP contribution is 2.22. The van der Waals surface area contributed by atoms with Crippen LogP contribution in [-0.2, 0) is 9.59 Å². The molecule has 0 radical (unpaired) electrons. The van der Waals surface area contributed by atoms with Gasteiger partial charge in [0.15, 0.2) is 0 Å². The van der Waals surface area contributed by atoms with Crippen LogP contribution in [0.5, 0.6) is 0 Å². The molecule has 0 aliphatic heterocycles. The molecule has 0 bridgehead atoms. The van der Waals surface area contributed by atoms with Gasteiger partial charge in [0.2, 0.25) is 6.41 Å². The first-order chi connectivity index (χ1) is 9.31. The molecule has 19 heavy (non-hydrogen) atoms. The van der Waals surface area contributed by atoms with Crippen LogP contribution in [0.4, 0.5) is 0 Å². The minimum absolute atomic E-state index is 0.0826. The molecule has 1 aromatic rings. The third-order valence-electron chi connectivity index (χ3n) is 3.55. The Morgan fingerprint density at radius 3 is 2.42 bits per heavy atom. The van der Waals surface area contributed by atoms with Gasteiger partial charge < -0.3 is 0 Å². The average molecular weight is 257 g/mol. The van der Waals surface area contributed by atoms with Crippen molar-refractivity contribution in [1.82, 2.24) is 4.90 Å². The van der Waals surface area contributed by atoms with Crippen LogP contribution in [0, 0.1) is 0 Å². The molecule has 3 heteroatoms. The van der Waals surface area contributed by atoms with Crippen LogP contribution < -0.4 is 0 Å². The molecular weight excluding hydrogens is 238 g/mol. The van der Waals surface area contributed by atoms with Crippen LogP contribution in [0.2, 0.25) is 0 Å². The van der Waals surface area contributed by atoms with E-state index >= 15 is 0 Å². The number of nitrogens with zero attached hydrogens (tertiary/aromatic N) is 1. The maximum absolute atomic E-state index is 12.1. The summed E-state index contributed by atoms with van der Waals surface area (Å²) in [5.41, 5.74) is 0.963. The van der Waals surface area contributed by atoms with Gasteiger partial charge in [0.25, 0.3) is 5.91 Å². The number of imide groups is 1. The predicted octanol–water partition coefficient (Wildman–Crippen LogP) is 3.02. The van der Waals surface area contributed by atoms with Gasteiger partial charge in [-0.25, -0.2) is 0 Å². The zero-order valence-electron chi connectivity index (χ0n) is 11.0. The summed E-state index contributed by atoms with van der Waals surface area (Å²) in [6, 6.07) is 9.70. The Morgan fingerprint density at radius 1 is 1.11 bits per heavy atom. The molecule has 2 amide bonds. The zero-order valence-corrected chi connectivity index (χ0v) is 11.0. The number of hydrogen-bond donors (Lipinski definition) is 0. The lowest BCUT2D eigenvalue weighted by molar-refractivity contribution is -0.137. The lowest BCUT2D eigenvalue weighted by atomic mass is 9.94. The molecule has 100 valence electrons. The van der Waals surface area contributed by atoms with Crippen LogP contribution in [0.25, 0.3) is 6.08 Å². The molecule has 0 N–H and O–H groups in total. The molecule has 0 atom stereocenters. The molecule has 1 aromatic carbocycles. The van der Waals surface area contributed by atoms with Gasteiger partial charge in [0.1, 0.15) is 0 Å². The van der Waals surface area contributed by atoms with E-state index in [2.05, 4.69) is 0 Å². The smallest absolute Gasteiger partial charge is 0.253 e. The molecule has 0 heterocycles. The molecule has 1 saturated carbocycles. The van der Waals surface area contributed by atoms with Crippen molar-refractivity contribution in [2.24, 2.45) is 0 Å². The van der Waals surface area contributed by atoms with Gasteiger partial charge in [0, 0.05) is 12.1 Å². The second kappa shape index (κ2) is 6.88. The Bertz CT molecular complexity index is 447. The van der Waals surface area contributed by atoms with Gasteiger partial charge in [0.05, 0.1) is 0 Å². The third kappa shape index (κ3) is 3.78. The minimum Gasteiger partial charge on any atom is -0.279 e. The summed E-state index contributed by atoms with van der Waals surface area (Å²) >= 11 is 0. The Morgan fingerprint density at radius 2 is 1.79 bits per heavy atom. The maximum Gasteiger partial charge on any atom is 0.253 e. The van der Waals surface area contributed by atoms with E-state index in [0.717, 1.165) is 31.2 Å². The summed E-state index contributed by atoms with van der Waals surface area (Å²) in [6.45, 7) is 0. The lowest BCUT2D eigenvalue weighted by Gasteiger charge is -2.28. The highest BCUT2D eigenvalue weighted by atomic mass is 16.2. The van der Waals surface area contributed by atoms with Gasteiger partial charge in [-0.3, -0.25) is 14.5 Å². The lowest BCUT2D eigenvalue weighted by Crippen LogP contribution is -2.39. The molecule has 0 unspecified atom stereocenters. The average Bonchev–Trinajstić information content (AvgIpc) is 2.48. The first kappa shape index (κ1) is 13.5. The normalized spacial score (nSPS) is 16.4. The Hall–Kier alpha value is -1.90. The second-order valence-electron chi connectivity index (χ2n) is 4.89. The van der Waals surface area contributed by atoms with Crippen molar-refractivity contribution < 1.29 is 9.59 Å². The fourth-order valence-electron chi connectivity index (χ4n) is 2.49. The molecule has 1 aliphatic carbocycles. The Balaban J connectivity index is 2.00. The molecule has 0 spiro atoms. The van der Waals surface area contributed by atoms with Gasteiger partial charge in [-0.05, 0) is 24.5 Å². The maximum atomic E-state index is 12.1. The van der Waals surface area contributed by atoms with E-state index in [1.807, 2.05) is 30.3 Å². The summed E-state index contributed by atoms with van der Waals surface area (Å²) in [7, 11) is 0. The van der Waals surface area contributed by atoms with Crippen molar-refractivity contribution in [2.75, 3.05) is 0 Å². The van der Waals surface area contributed by atoms with Crippen LogP contribution in [0.1, 0.15) is 37.7 Å². The number of amides is 2.